The Morgan fingerprint density at radius 2 is 1.94 bits per heavy atom. The molecule has 1 aromatic heterocycles. The van der Waals surface area contributed by atoms with E-state index in [4.69, 9.17) is 16.3 Å². The summed E-state index contributed by atoms with van der Waals surface area (Å²) in [6.07, 6.45) is 4.82. The Balaban J connectivity index is 1.29. The summed E-state index contributed by atoms with van der Waals surface area (Å²) in [4.78, 5) is 22.0. The monoisotopic (exact) mass is 504 g/mol. The Hall–Kier alpha value is -2.82. The summed E-state index contributed by atoms with van der Waals surface area (Å²) in [5, 5.41) is 0.177. The molecule has 2 aliphatic heterocycles. The molecule has 3 aliphatic rings. The predicted octanol–water partition coefficient (Wildman–Crippen LogP) is 2.89. The maximum atomic E-state index is 14.5. The Labute approximate surface area is 201 Å². The smallest absolute Gasteiger partial charge is 0.240 e. The zero-order chi connectivity index (χ0) is 23.9. The van der Waals surface area contributed by atoms with Gasteiger partial charge in [-0.15, -0.1) is 0 Å². The maximum Gasteiger partial charge on any atom is 0.240 e. The van der Waals surface area contributed by atoms with Crippen molar-refractivity contribution in [3.05, 3.63) is 53.1 Å². The van der Waals surface area contributed by atoms with Crippen molar-refractivity contribution in [3.63, 3.8) is 0 Å². The first-order chi connectivity index (χ1) is 16.3. The zero-order valence-electron chi connectivity index (χ0n) is 18.1. The number of pyridine rings is 1. The standard InChI is InChI=1S/C23H22ClFN4O4S/c24-23-20(11-26-12-21(23)30)29-8-7-16(13-29)33-22-9-18(19(25)10-27-22)14-1-5-17(6-2-14)34(31,32)28-15-3-4-15/h1-2,5-6,9-11,15-16,28H,3-4,7-8,12-13H2/t16-/m1/s1. The van der Waals surface area contributed by atoms with Crippen molar-refractivity contribution in [1.82, 2.24) is 14.6 Å². The van der Waals surface area contributed by atoms with Crippen LogP contribution in [0.25, 0.3) is 11.1 Å². The molecule has 8 nitrogen and oxygen atoms in total. The van der Waals surface area contributed by atoms with Crippen LogP contribution in [-0.2, 0) is 14.8 Å². The topological polar surface area (TPSA) is 101 Å². The molecule has 34 heavy (non-hydrogen) atoms. The molecular formula is C23H22ClFN4O4S. The molecule has 0 radical (unpaired) electrons. The molecule has 0 amide bonds. The van der Waals surface area contributed by atoms with Gasteiger partial charge in [0.05, 0.1) is 23.3 Å². The second-order valence-corrected chi connectivity index (χ2v) is 10.6. The van der Waals surface area contributed by atoms with E-state index in [1.165, 1.54) is 18.2 Å². The number of nitrogens with one attached hydrogen (secondary N) is 1. The Morgan fingerprint density at radius 1 is 1.18 bits per heavy atom. The summed E-state index contributed by atoms with van der Waals surface area (Å²) in [7, 11) is -3.58. The lowest BCUT2D eigenvalue weighted by Crippen LogP contribution is -2.28. The van der Waals surface area contributed by atoms with Gasteiger partial charge in [-0.05, 0) is 30.5 Å². The fraction of sp³-hybridized carbons (Fsp3) is 0.348. The number of allylic oxidation sites excluding steroid dienone is 1. The van der Waals surface area contributed by atoms with Gasteiger partial charge in [-0.1, -0.05) is 23.7 Å². The van der Waals surface area contributed by atoms with Crippen LogP contribution in [0.15, 0.2) is 57.1 Å². The van der Waals surface area contributed by atoms with Crippen LogP contribution in [0.1, 0.15) is 19.3 Å². The van der Waals surface area contributed by atoms with Gasteiger partial charge in [-0.25, -0.2) is 22.5 Å². The van der Waals surface area contributed by atoms with Gasteiger partial charge in [0.25, 0.3) is 0 Å². The Bertz CT molecular complexity index is 1290. The van der Waals surface area contributed by atoms with E-state index >= 15 is 0 Å². The summed E-state index contributed by atoms with van der Waals surface area (Å²) < 4.78 is 47.9. The molecule has 2 aromatic rings. The van der Waals surface area contributed by atoms with Crippen molar-refractivity contribution in [2.75, 3.05) is 19.6 Å². The molecule has 1 N–H and O–H groups in total. The third-order valence-electron chi connectivity index (χ3n) is 5.90. The first-order valence-electron chi connectivity index (χ1n) is 10.9. The number of hydrogen-bond donors (Lipinski definition) is 1. The predicted molar refractivity (Wildman–Crippen MR) is 125 cm³/mol. The number of halogens is 2. The van der Waals surface area contributed by atoms with Crippen LogP contribution in [0.5, 0.6) is 5.88 Å². The summed E-state index contributed by atoms with van der Waals surface area (Å²) in [5.41, 5.74) is 1.36. The van der Waals surface area contributed by atoms with Crippen molar-refractivity contribution in [1.29, 1.82) is 0 Å². The molecule has 1 aromatic carbocycles. The second-order valence-electron chi connectivity index (χ2n) is 8.49. The molecule has 1 saturated heterocycles. The Morgan fingerprint density at radius 3 is 2.68 bits per heavy atom. The van der Waals surface area contributed by atoms with Crippen LogP contribution in [0.3, 0.4) is 0 Å². The first-order valence-corrected chi connectivity index (χ1v) is 12.8. The van der Waals surface area contributed by atoms with E-state index in [1.54, 1.807) is 18.3 Å². The molecule has 11 heteroatoms. The number of benzene rings is 1. The van der Waals surface area contributed by atoms with E-state index < -0.39 is 15.8 Å². The number of nitrogens with zero attached hydrogens (tertiary/aromatic N) is 3. The summed E-state index contributed by atoms with van der Waals surface area (Å²) >= 11 is 6.15. The molecule has 2 fully saturated rings. The van der Waals surface area contributed by atoms with Crippen molar-refractivity contribution in [2.24, 2.45) is 4.99 Å². The highest BCUT2D eigenvalue weighted by atomic mass is 35.5. The number of aliphatic imine (C=N–C) groups is 1. The van der Waals surface area contributed by atoms with Gasteiger partial charge in [0, 0.05) is 36.9 Å². The minimum atomic E-state index is -3.58. The molecule has 3 heterocycles. The molecule has 1 aliphatic carbocycles. The van der Waals surface area contributed by atoms with Gasteiger partial charge < -0.3 is 9.64 Å². The zero-order valence-corrected chi connectivity index (χ0v) is 19.7. The fourth-order valence-corrected chi connectivity index (χ4v) is 5.46. The Kier molecular flexibility index (Phi) is 6.13. The summed E-state index contributed by atoms with van der Waals surface area (Å²) in [6, 6.07) is 7.55. The number of sulfonamides is 1. The number of Topliss-reactive ketones (excluding diaryl/α,β-unsaturated/α-hetero) is 1. The van der Waals surface area contributed by atoms with Crippen molar-refractivity contribution in [3.8, 4) is 17.0 Å². The minimum Gasteiger partial charge on any atom is -0.472 e. The average Bonchev–Trinajstić information content (AvgIpc) is 3.50. The summed E-state index contributed by atoms with van der Waals surface area (Å²) in [5.74, 6) is -0.500. The number of carbonyl (C=O) groups excluding carboxylic acids is 1. The number of rotatable bonds is 7. The minimum absolute atomic E-state index is 0.00624. The number of aromatic nitrogens is 1. The molecule has 178 valence electrons. The molecule has 5 rings (SSSR count). The highest BCUT2D eigenvalue weighted by molar-refractivity contribution is 7.89. The SMILES string of the molecule is O=C1CN=CC(N2CC[C@@H](Oc3cc(-c4ccc(S(=O)(=O)NC5CC5)cc4)c(F)cn3)C2)=C1Cl. The third-order valence-corrected chi connectivity index (χ3v) is 7.84. The van der Waals surface area contributed by atoms with Crippen LogP contribution in [-0.4, -0.2) is 62.1 Å². The molecule has 0 spiro atoms. The van der Waals surface area contributed by atoms with Gasteiger partial charge in [-0.2, -0.15) is 0 Å². The van der Waals surface area contributed by atoms with Crippen molar-refractivity contribution < 1.29 is 22.3 Å². The number of dihydropyridines is 1. The van der Waals surface area contributed by atoms with Crippen LogP contribution in [0, 0.1) is 5.82 Å². The molecular weight excluding hydrogens is 483 g/mol. The van der Waals surface area contributed by atoms with Crippen LogP contribution >= 0.6 is 11.6 Å². The molecule has 1 atom stereocenters. The number of likely N-dealkylation sites (tertiary alicyclic amines) is 1. The number of carbonyl (C=O) groups is 1. The quantitative estimate of drug-likeness (QED) is 0.622. The molecule has 1 saturated carbocycles. The van der Waals surface area contributed by atoms with Crippen molar-refractivity contribution in [2.45, 2.75) is 36.3 Å². The third kappa shape index (κ3) is 4.84. The summed E-state index contributed by atoms with van der Waals surface area (Å²) in [6.45, 7) is 1.18. The van der Waals surface area contributed by atoms with Crippen molar-refractivity contribution >= 4 is 33.6 Å². The number of ketones is 1. The van der Waals surface area contributed by atoms with Crippen LogP contribution < -0.4 is 9.46 Å². The van der Waals surface area contributed by atoms with E-state index in [1.807, 2.05) is 4.90 Å². The normalized spacial score (nSPS) is 20.8. The average molecular weight is 505 g/mol. The van der Waals surface area contributed by atoms with Crippen LogP contribution in [0.4, 0.5) is 4.39 Å². The fourth-order valence-electron chi connectivity index (χ4n) is 3.93. The van der Waals surface area contributed by atoms with E-state index in [2.05, 4.69) is 14.7 Å². The highest BCUT2D eigenvalue weighted by Crippen LogP contribution is 2.29. The van der Waals surface area contributed by atoms with Gasteiger partial charge in [-0.3, -0.25) is 9.79 Å². The lowest BCUT2D eigenvalue weighted by atomic mass is 10.1. The number of hydrogen-bond acceptors (Lipinski definition) is 7. The van der Waals surface area contributed by atoms with Gasteiger partial charge in [0.1, 0.15) is 23.5 Å². The molecule has 0 bridgehead atoms. The number of ether oxygens (including phenoxy) is 1. The van der Waals surface area contributed by atoms with Crippen LogP contribution in [0.2, 0.25) is 0 Å². The van der Waals surface area contributed by atoms with E-state index in [0.29, 0.717) is 30.8 Å². The second kappa shape index (κ2) is 9.09. The lowest BCUT2D eigenvalue weighted by molar-refractivity contribution is -0.113. The van der Waals surface area contributed by atoms with Gasteiger partial charge in [0.15, 0.2) is 5.78 Å². The lowest BCUT2D eigenvalue weighted by Gasteiger charge is -2.22. The molecule has 0 unspecified atom stereocenters. The maximum absolute atomic E-state index is 14.5. The van der Waals surface area contributed by atoms with Gasteiger partial charge >= 0.3 is 0 Å². The first kappa shape index (κ1) is 22.9. The largest absolute Gasteiger partial charge is 0.472 e. The van der Waals surface area contributed by atoms with E-state index in [0.717, 1.165) is 19.0 Å². The van der Waals surface area contributed by atoms with E-state index in [9.17, 15) is 17.6 Å². The highest BCUT2D eigenvalue weighted by Gasteiger charge is 2.30. The van der Waals surface area contributed by atoms with E-state index in [-0.39, 0.29) is 45.8 Å². The van der Waals surface area contributed by atoms with Gasteiger partial charge in [0.2, 0.25) is 15.9 Å².